The minimum atomic E-state index is -3.73. The number of nitrogen functional groups attached to an aromatic ring is 1. The van der Waals surface area contributed by atoms with Crippen molar-refractivity contribution in [3.05, 3.63) is 22.7 Å². The van der Waals surface area contributed by atoms with Gasteiger partial charge in [-0.3, -0.25) is 4.79 Å². The quantitative estimate of drug-likeness (QED) is 0.726. The second kappa shape index (κ2) is 7.54. The molecule has 1 aromatic carbocycles. The number of benzene rings is 1. The minimum absolute atomic E-state index is 0. The summed E-state index contributed by atoms with van der Waals surface area (Å²) in [5.41, 5.74) is 6.28. The molecule has 8 nitrogen and oxygen atoms in total. The first kappa shape index (κ1) is 19.8. The summed E-state index contributed by atoms with van der Waals surface area (Å²) in [6, 6.07) is 2.93. The van der Waals surface area contributed by atoms with E-state index in [0.717, 1.165) is 4.31 Å². The second-order valence-corrected chi connectivity index (χ2v) is 6.76. The average Bonchev–Trinajstić information content (AvgIpc) is 2.48. The molecule has 2 rings (SSSR count). The molecule has 0 aliphatic carbocycles. The Kier molecular flexibility index (Phi) is 6.49. The van der Waals surface area contributed by atoms with Gasteiger partial charge in [0.05, 0.1) is 23.4 Å². The molecule has 1 amide bonds. The van der Waals surface area contributed by atoms with Gasteiger partial charge in [0.2, 0.25) is 0 Å². The minimum Gasteiger partial charge on any atom is -0.496 e. The van der Waals surface area contributed by atoms with Gasteiger partial charge in [-0.1, -0.05) is 11.6 Å². The van der Waals surface area contributed by atoms with Crippen molar-refractivity contribution in [2.45, 2.75) is 0 Å². The van der Waals surface area contributed by atoms with E-state index in [1.807, 2.05) is 0 Å². The van der Waals surface area contributed by atoms with Gasteiger partial charge in [-0.25, -0.2) is 5.14 Å². The van der Waals surface area contributed by atoms with Crippen molar-refractivity contribution in [1.82, 2.24) is 9.21 Å². The van der Waals surface area contributed by atoms with Crippen molar-refractivity contribution in [3.63, 3.8) is 0 Å². The molecule has 4 N–H and O–H groups in total. The Bertz CT molecular complexity index is 691. The highest BCUT2D eigenvalue weighted by atomic mass is 35.5. The second-order valence-electron chi connectivity index (χ2n) is 4.81. The van der Waals surface area contributed by atoms with Crippen molar-refractivity contribution in [2.24, 2.45) is 5.14 Å². The third kappa shape index (κ3) is 4.39. The molecule has 0 unspecified atom stereocenters. The number of hydrogen-bond donors (Lipinski definition) is 2. The number of carbonyl (C=O) groups excluding carboxylic acids is 1. The molecule has 1 aliphatic rings. The first-order chi connectivity index (χ1) is 10.2. The number of hydrogen-bond acceptors (Lipinski definition) is 5. The Balaban J connectivity index is 0.00000264. The van der Waals surface area contributed by atoms with Gasteiger partial charge in [-0.2, -0.15) is 12.7 Å². The van der Waals surface area contributed by atoms with Gasteiger partial charge in [0.1, 0.15) is 5.75 Å². The number of methoxy groups -OCH3 is 1. The molecular weight excluding hydrogens is 367 g/mol. The molecule has 1 fully saturated rings. The molecule has 11 heteroatoms. The molecule has 1 aliphatic heterocycles. The molecule has 1 saturated heterocycles. The van der Waals surface area contributed by atoms with Gasteiger partial charge in [-0.05, 0) is 6.07 Å². The Labute approximate surface area is 145 Å². The number of anilines is 1. The fraction of sp³-hybridized carbons (Fsp3) is 0.417. The number of nitrogens with zero attached hydrogens (tertiary/aromatic N) is 2. The lowest BCUT2D eigenvalue weighted by Crippen LogP contribution is -2.52. The number of nitrogens with two attached hydrogens (primary N) is 2. The van der Waals surface area contributed by atoms with Crippen LogP contribution in [0, 0.1) is 0 Å². The normalized spacial score (nSPS) is 15.9. The van der Waals surface area contributed by atoms with Crippen LogP contribution in [0.2, 0.25) is 5.02 Å². The van der Waals surface area contributed by atoms with Gasteiger partial charge in [0.25, 0.3) is 16.1 Å². The third-order valence-electron chi connectivity index (χ3n) is 3.43. The summed E-state index contributed by atoms with van der Waals surface area (Å²) in [5.74, 6) is 0.0218. The summed E-state index contributed by atoms with van der Waals surface area (Å²) < 4.78 is 28.8. The summed E-state index contributed by atoms with van der Waals surface area (Å²) in [4.78, 5) is 14.1. The summed E-state index contributed by atoms with van der Waals surface area (Å²) in [7, 11) is -2.30. The third-order valence-corrected chi connectivity index (χ3v) is 4.85. The number of rotatable bonds is 3. The van der Waals surface area contributed by atoms with Crippen LogP contribution in [0.15, 0.2) is 12.1 Å². The molecule has 0 atom stereocenters. The lowest BCUT2D eigenvalue weighted by molar-refractivity contribution is 0.0694. The van der Waals surface area contributed by atoms with Crippen molar-refractivity contribution < 1.29 is 17.9 Å². The van der Waals surface area contributed by atoms with E-state index in [1.54, 1.807) is 0 Å². The number of ether oxygens (including phenoxy) is 1. The van der Waals surface area contributed by atoms with Crippen LogP contribution in [0.25, 0.3) is 0 Å². The topological polar surface area (TPSA) is 119 Å². The smallest absolute Gasteiger partial charge is 0.277 e. The van der Waals surface area contributed by atoms with E-state index in [2.05, 4.69) is 0 Å². The van der Waals surface area contributed by atoms with Crippen LogP contribution in [0.3, 0.4) is 0 Å². The first-order valence-corrected chi connectivity index (χ1v) is 8.32. The maximum absolute atomic E-state index is 12.5. The average molecular weight is 385 g/mol. The number of piperazine rings is 1. The largest absolute Gasteiger partial charge is 0.496 e. The van der Waals surface area contributed by atoms with Crippen molar-refractivity contribution in [1.29, 1.82) is 0 Å². The Hall–Kier alpha value is -1.26. The SMILES string of the molecule is COc1cc(N)c(Cl)cc1C(=O)N1CCN(S(N)(=O)=O)CC1.Cl. The van der Waals surface area contributed by atoms with Crippen LogP contribution in [0.4, 0.5) is 5.69 Å². The van der Waals surface area contributed by atoms with Crippen molar-refractivity contribution in [2.75, 3.05) is 39.0 Å². The van der Waals surface area contributed by atoms with E-state index in [0.29, 0.717) is 11.4 Å². The maximum Gasteiger partial charge on any atom is 0.277 e. The van der Waals surface area contributed by atoms with Gasteiger partial charge in [0.15, 0.2) is 0 Å². The first-order valence-electron chi connectivity index (χ1n) is 6.44. The van der Waals surface area contributed by atoms with Gasteiger partial charge in [0, 0.05) is 32.2 Å². The van der Waals surface area contributed by atoms with Crippen LogP contribution in [0.5, 0.6) is 5.75 Å². The number of carbonyl (C=O) groups is 1. The van der Waals surface area contributed by atoms with Crippen LogP contribution in [-0.2, 0) is 10.2 Å². The molecule has 1 aromatic rings. The lowest BCUT2D eigenvalue weighted by Gasteiger charge is -2.33. The van der Waals surface area contributed by atoms with Crippen LogP contribution >= 0.6 is 24.0 Å². The van der Waals surface area contributed by atoms with Crippen LogP contribution < -0.4 is 15.6 Å². The van der Waals surface area contributed by atoms with Crippen molar-refractivity contribution in [3.8, 4) is 5.75 Å². The van der Waals surface area contributed by atoms with E-state index < -0.39 is 10.2 Å². The molecule has 0 radical (unpaired) electrons. The van der Waals surface area contributed by atoms with E-state index in [9.17, 15) is 13.2 Å². The predicted molar refractivity (Wildman–Crippen MR) is 90.2 cm³/mol. The highest BCUT2D eigenvalue weighted by molar-refractivity contribution is 7.86. The monoisotopic (exact) mass is 384 g/mol. The molecule has 0 spiro atoms. The molecule has 23 heavy (non-hydrogen) atoms. The Morgan fingerprint density at radius 3 is 2.30 bits per heavy atom. The van der Waals surface area contributed by atoms with Crippen molar-refractivity contribution >= 4 is 45.8 Å². The van der Waals surface area contributed by atoms with Crippen LogP contribution in [-0.4, -0.2) is 56.8 Å². The van der Waals surface area contributed by atoms with Crippen LogP contribution in [0.1, 0.15) is 10.4 Å². The zero-order valence-electron chi connectivity index (χ0n) is 12.4. The Morgan fingerprint density at radius 1 is 1.26 bits per heavy atom. The standard InChI is InChI=1S/C12H17ClN4O4S.ClH/c1-21-11-7-10(14)9(13)6-8(11)12(18)16-2-4-17(5-3-16)22(15,19)20;/h6-7H,2-5,14H2,1H3,(H2,15,19,20);1H. The molecule has 130 valence electrons. The zero-order chi connectivity index (χ0) is 16.5. The highest BCUT2D eigenvalue weighted by Crippen LogP contribution is 2.30. The fourth-order valence-electron chi connectivity index (χ4n) is 2.22. The highest BCUT2D eigenvalue weighted by Gasteiger charge is 2.28. The molecule has 1 heterocycles. The maximum atomic E-state index is 12.5. The summed E-state index contributed by atoms with van der Waals surface area (Å²) >= 11 is 5.95. The fourth-order valence-corrected chi connectivity index (χ4v) is 3.06. The number of halogens is 2. The zero-order valence-corrected chi connectivity index (χ0v) is 14.7. The van der Waals surface area contributed by atoms with Gasteiger partial charge >= 0.3 is 0 Å². The number of amides is 1. The van der Waals surface area contributed by atoms with Gasteiger partial charge < -0.3 is 15.4 Å². The summed E-state index contributed by atoms with van der Waals surface area (Å²) in [6.07, 6.45) is 0. The predicted octanol–water partition coefficient (Wildman–Crippen LogP) is 0.314. The van der Waals surface area contributed by atoms with E-state index in [-0.39, 0.29) is 55.1 Å². The summed E-state index contributed by atoms with van der Waals surface area (Å²) in [6.45, 7) is 0.770. The van der Waals surface area contributed by atoms with Gasteiger partial charge in [-0.15, -0.1) is 12.4 Å². The van der Waals surface area contributed by atoms with E-state index in [1.165, 1.54) is 24.1 Å². The lowest BCUT2D eigenvalue weighted by atomic mass is 10.1. The molecular formula is C12H18Cl2N4O4S. The Morgan fingerprint density at radius 2 is 1.83 bits per heavy atom. The molecule has 0 aromatic heterocycles. The molecule has 0 saturated carbocycles. The van der Waals surface area contributed by atoms with E-state index >= 15 is 0 Å². The summed E-state index contributed by atoms with van der Waals surface area (Å²) in [5, 5.41) is 5.33. The molecule has 0 bridgehead atoms. The van der Waals surface area contributed by atoms with E-state index in [4.69, 9.17) is 27.2 Å².